The largest absolute Gasteiger partial charge is 0.465 e. The summed E-state index contributed by atoms with van der Waals surface area (Å²) in [6, 6.07) is 7.53. The monoisotopic (exact) mass is 311 g/mol. The molecule has 1 aromatic carbocycles. The van der Waals surface area contributed by atoms with Gasteiger partial charge < -0.3 is 10.1 Å². The van der Waals surface area contributed by atoms with Crippen LogP contribution in [0.15, 0.2) is 24.3 Å². The number of esters is 1. The average Bonchev–Trinajstić information content (AvgIpc) is 2.40. The minimum absolute atomic E-state index is 0.0434. The highest BCUT2D eigenvalue weighted by Gasteiger charge is 2.20. The summed E-state index contributed by atoms with van der Waals surface area (Å²) in [5.41, 5.74) is 1.81. The van der Waals surface area contributed by atoms with E-state index in [4.69, 9.17) is 23.2 Å². The van der Waals surface area contributed by atoms with Gasteiger partial charge in [-0.2, -0.15) is 4.98 Å². The van der Waals surface area contributed by atoms with Crippen molar-refractivity contribution >= 4 is 40.7 Å². The maximum Gasteiger partial charge on any atom is 0.344 e. The SMILES string of the molecule is COC(=O)c1c(Cl)nc(Cl)nc1Nc1ccccc1C. The van der Waals surface area contributed by atoms with E-state index in [1.807, 2.05) is 31.2 Å². The van der Waals surface area contributed by atoms with Crippen LogP contribution in [0.2, 0.25) is 10.4 Å². The van der Waals surface area contributed by atoms with Gasteiger partial charge >= 0.3 is 5.97 Å². The highest BCUT2D eigenvalue weighted by molar-refractivity contribution is 6.34. The van der Waals surface area contributed by atoms with Crippen molar-refractivity contribution in [1.29, 1.82) is 0 Å². The van der Waals surface area contributed by atoms with Crippen LogP contribution in [0.4, 0.5) is 11.5 Å². The van der Waals surface area contributed by atoms with Gasteiger partial charge in [-0.1, -0.05) is 29.8 Å². The number of halogens is 2. The number of rotatable bonds is 3. The molecule has 1 N–H and O–H groups in total. The van der Waals surface area contributed by atoms with Crippen molar-refractivity contribution in [1.82, 2.24) is 9.97 Å². The fraction of sp³-hybridized carbons (Fsp3) is 0.154. The van der Waals surface area contributed by atoms with E-state index >= 15 is 0 Å². The molecule has 0 amide bonds. The Morgan fingerprint density at radius 2 is 1.95 bits per heavy atom. The lowest BCUT2D eigenvalue weighted by Gasteiger charge is -2.12. The van der Waals surface area contributed by atoms with Gasteiger partial charge in [0.05, 0.1) is 7.11 Å². The molecule has 0 radical (unpaired) electrons. The second-order valence-corrected chi connectivity index (χ2v) is 4.63. The van der Waals surface area contributed by atoms with Gasteiger partial charge in [0, 0.05) is 5.69 Å². The molecule has 0 unspecified atom stereocenters. The molecular weight excluding hydrogens is 301 g/mol. The van der Waals surface area contributed by atoms with Crippen molar-refractivity contribution in [2.24, 2.45) is 0 Å². The van der Waals surface area contributed by atoms with E-state index in [1.165, 1.54) is 7.11 Å². The van der Waals surface area contributed by atoms with Crippen LogP contribution in [0.3, 0.4) is 0 Å². The minimum Gasteiger partial charge on any atom is -0.465 e. The number of methoxy groups -OCH3 is 1. The first-order valence-corrected chi connectivity index (χ1v) is 6.42. The molecule has 0 atom stereocenters. The lowest BCUT2D eigenvalue weighted by Crippen LogP contribution is -2.10. The van der Waals surface area contributed by atoms with E-state index in [9.17, 15) is 4.79 Å². The lowest BCUT2D eigenvalue weighted by molar-refractivity contribution is 0.0601. The standard InChI is InChI=1S/C13H11Cl2N3O2/c1-7-5-3-4-6-8(7)16-11-9(12(19)20-2)10(14)17-13(15)18-11/h3-6H,1-2H3,(H,16,17,18). The fourth-order valence-electron chi connectivity index (χ4n) is 1.62. The van der Waals surface area contributed by atoms with E-state index in [1.54, 1.807) is 0 Å². The molecule has 2 rings (SSSR count). The summed E-state index contributed by atoms with van der Waals surface area (Å²) in [7, 11) is 1.25. The number of carbonyl (C=O) groups excluding carboxylic acids is 1. The normalized spacial score (nSPS) is 10.2. The van der Waals surface area contributed by atoms with Gasteiger partial charge in [0.15, 0.2) is 11.0 Å². The van der Waals surface area contributed by atoms with E-state index in [0.717, 1.165) is 11.3 Å². The van der Waals surface area contributed by atoms with Gasteiger partial charge in [-0.05, 0) is 30.2 Å². The van der Waals surface area contributed by atoms with Gasteiger partial charge in [-0.15, -0.1) is 0 Å². The van der Waals surface area contributed by atoms with Crippen LogP contribution in [-0.4, -0.2) is 23.0 Å². The average molecular weight is 312 g/mol. The Labute approximate surface area is 125 Å². The number of aryl methyl sites for hydroxylation is 1. The number of hydrogen-bond acceptors (Lipinski definition) is 5. The van der Waals surface area contributed by atoms with Gasteiger partial charge in [-0.3, -0.25) is 0 Å². The summed E-state index contributed by atoms with van der Waals surface area (Å²) in [5.74, 6) is -0.432. The Balaban J connectivity index is 2.50. The third kappa shape index (κ3) is 3.00. The molecule has 0 fully saturated rings. The van der Waals surface area contributed by atoms with Crippen molar-refractivity contribution < 1.29 is 9.53 Å². The number of aromatic nitrogens is 2. The highest BCUT2D eigenvalue weighted by atomic mass is 35.5. The van der Waals surface area contributed by atoms with Crippen LogP contribution in [-0.2, 0) is 4.74 Å². The van der Waals surface area contributed by atoms with Gasteiger partial charge in [0.2, 0.25) is 5.28 Å². The van der Waals surface area contributed by atoms with Crippen LogP contribution < -0.4 is 5.32 Å². The Morgan fingerprint density at radius 3 is 2.60 bits per heavy atom. The summed E-state index contributed by atoms with van der Waals surface area (Å²) in [5, 5.41) is 2.90. The van der Waals surface area contributed by atoms with Crippen molar-refractivity contribution in [3.63, 3.8) is 0 Å². The van der Waals surface area contributed by atoms with Crippen LogP contribution in [0, 0.1) is 6.92 Å². The maximum atomic E-state index is 11.8. The number of ether oxygens (including phenoxy) is 1. The molecule has 5 nitrogen and oxygen atoms in total. The quantitative estimate of drug-likeness (QED) is 0.533. The number of benzene rings is 1. The molecule has 0 saturated heterocycles. The van der Waals surface area contributed by atoms with Gasteiger partial charge in [0.25, 0.3) is 0 Å². The fourth-order valence-corrected chi connectivity index (χ4v) is 2.08. The van der Waals surface area contributed by atoms with Crippen LogP contribution >= 0.6 is 23.2 Å². The number of para-hydroxylation sites is 1. The third-order valence-corrected chi connectivity index (χ3v) is 3.07. The van der Waals surface area contributed by atoms with Crippen LogP contribution in [0.5, 0.6) is 0 Å². The maximum absolute atomic E-state index is 11.8. The summed E-state index contributed by atoms with van der Waals surface area (Å²) >= 11 is 11.7. The second kappa shape index (κ2) is 6.07. The molecular formula is C13H11Cl2N3O2. The predicted molar refractivity (Wildman–Crippen MR) is 77.9 cm³/mol. The van der Waals surface area contributed by atoms with Crippen LogP contribution in [0.1, 0.15) is 15.9 Å². The Morgan fingerprint density at radius 1 is 1.25 bits per heavy atom. The van der Waals surface area contributed by atoms with E-state index in [2.05, 4.69) is 20.0 Å². The summed E-state index contributed by atoms with van der Waals surface area (Å²) in [4.78, 5) is 19.5. The first-order valence-electron chi connectivity index (χ1n) is 5.67. The molecule has 0 spiro atoms. The third-order valence-electron chi connectivity index (χ3n) is 2.63. The predicted octanol–water partition coefficient (Wildman–Crippen LogP) is 3.62. The van der Waals surface area contributed by atoms with Crippen molar-refractivity contribution in [3.8, 4) is 0 Å². The molecule has 104 valence electrons. The molecule has 0 bridgehead atoms. The molecule has 1 heterocycles. The van der Waals surface area contributed by atoms with E-state index in [0.29, 0.717) is 0 Å². The Kier molecular flexibility index (Phi) is 4.42. The zero-order valence-electron chi connectivity index (χ0n) is 10.8. The van der Waals surface area contributed by atoms with Gasteiger partial charge in [-0.25, -0.2) is 9.78 Å². The molecule has 2 aromatic rings. The Bertz CT molecular complexity index is 662. The zero-order valence-corrected chi connectivity index (χ0v) is 12.3. The second-order valence-electron chi connectivity index (χ2n) is 3.94. The summed E-state index contributed by atoms with van der Waals surface area (Å²) in [6.07, 6.45) is 0. The van der Waals surface area contributed by atoms with E-state index in [-0.39, 0.29) is 21.8 Å². The zero-order chi connectivity index (χ0) is 14.7. The van der Waals surface area contributed by atoms with Crippen LogP contribution in [0.25, 0.3) is 0 Å². The summed E-state index contributed by atoms with van der Waals surface area (Å²) < 4.78 is 4.68. The number of nitrogens with zero attached hydrogens (tertiary/aromatic N) is 2. The minimum atomic E-state index is -0.636. The molecule has 0 saturated carbocycles. The molecule has 0 aliphatic carbocycles. The van der Waals surface area contributed by atoms with E-state index < -0.39 is 5.97 Å². The molecule has 1 aromatic heterocycles. The number of carbonyl (C=O) groups is 1. The topological polar surface area (TPSA) is 64.1 Å². The first-order chi connectivity index (χ1) is 9.52. The highest BCUT2D eigenvalue weighted by Crippen LogP contribution is 2.27. The van der Waals surface area contributed by atoms with Gasteiger partial charge in [0.1, 0.15) is 5.56 Å². The Hall–Kier alpha value is -1.85. The lowest BCUT2D eigenvalue weighted by atomic mass is 10.2. The number of nitrogens with one attached hydrogen (secondary N) is 1. The number of anilines is 2. The van der Waals surface area contributed by atoms with Crippen molar-refractivity contribution in [2.75, 3.05) is 12.4 Å². The number of hydrogen-bond donors (Lipinski definition) is 1. The summed E-state index contributed by atoms with van der Waals surface area (Å²) in [6.45, 7) is 1.92. The molecule has 20 heavy (non-hydrogen) atoms. The first kappa shape index (κ1) is 14.6. The smallest absolute Gasteiger partial charge is 0.344 e. The molecule has 0 aliphatic heterocycles. The molecule has 7 heteroatoms. The molecule has 0 aliphatic rings. The van der Waals surface area contributed by atoms with Crippen molar-refractivity contribution in [3.05, 3.63) is 45.8 Å². The van der Waals surface area contributed by atoms with Crippen molar-refractivity contribution in [2.45, 2.75) is 6.92 Å².